The van der Waals surface area contributed by atoms with E-state index in [1.807, 2.05) is 6.92 Å². The number of aromatic nitrogens is 1. The summed E-state index contributed by atoms with van der Waals surface area (Å²) < 4.78 is 19.3. The molecule has 0 radical (unpaired) electrons. The normalized spacial score (nSPS) is 17.7. The SMILES string of the molecule is C=C(F)/C(=C\CCC)c1csc(C[C@H](NC(=O)OC(C)(C)C)C(=O)N2CCC[C@@H](C(=O)O)N2)n1. The lowest BCUT2D eigenvalue weighted by molar-refractivity contribution is -0.147. The van der Waals surface area contributed by atoms with Gasteiger partial charge < -0.3 is 15.2 Å². The van der Waals surface area contributed by atoms with E-state index in [0.717, 1.165) is 6.42 Å². The lowest BCUT2D eigenvalue weighted by Crippen LogP contribution is -2.60. The van der Waals surface area contributed by atoms with Gasteiger partial charge in [0.2, 0.25) is 0 Å². The number of allylic oxidation sites excluding steroid dienone is 3. The van der Waals surface area contributed by atoms with Gasteiger partial charge in [-0.25, -0.2) is 19.6 Å². The fraction of sp³-hybridized carbons (Fsp3) is 0.565. The topological polar surface area (TPSA) is 121 Å². The highest BCUT2D eigenvalue weighted by Crippen LogP contribution is 2.26. The van der Waals surface area contributed by atoms with Crippen LogP contribution in [0.4, 0.5) is 9.18 Å². The Labute approximate surface area is 203 Å². The second-order valence-corrected chi connectivity index (χ2v) is 9.94. The van der Waals surface area contributed by atoms with E-state index in [9.17, 15) is 23.9 Å². The Balaban J connectivity index is 2.25. The quantitative estimate of drug-likeness (QED) is 0.444. The minimum Gasteiger partial charge on any atom is -0.480 e. The van der Waals surface area contributed by atoms with Crippen LogP contribution in [0, 0.1) is 0 Å². The maximum atomic E-state index is 14.0. The van der Waals surface area contributed by atoms with E-state index in [4.69, 9.17) is 4.74 Å². The van der Waals surface area contributed by atoms with Crippen LogP contribution in [-0.2, 0) is 20.7 Å². The monoisotopic (exact) mass is 496 g/mol. The minimum atomic E-state index is -1.06. The van der Waals surface area contributed by atoms with Gasteiger partial charge in [-0.2, -0.15) is 0 Å². The number of hydrogen-bond donors (Lipinski definition) is 3. The van der Waals surface area contributed by atoms with Crippen molar-refractivity contribution < 1.29 is 28.6 Å². The van der Waals surface area contributed by atoms with Crippen molar-refractivity contribution in [1.29, 1.82) is 0 Å². The smallest absolute Gasteiger partial charge is 0.408 e. The van der Waals surface area contributed by atoms with Crippen molar-refractivity contribution >= 4 is 34.9 Å². The first kappa shape index (κ1) is 27.5. The van der Waals surface area contributed by atoms with Crippen molar-refractivity contribution in [3.63, 3.8) is 0 Å². The summed E-state index contributed by atoms with van der Waals surface area (Å²) in [5, 5.41) is 15.3. The molecule has 0 spiro atoms. The number of rotatable bonds is 9. The predicted octanol–water partition coefficient (Wildman–Crippen LogP) is 3.83. The van der Waals surface area contributed by atoms with Crippen LogP contribution in [0.3, 0.4) is 0 Å². The number of carbonyl (C=O) groups is 3. The summed E-state index contributed by atoms with van der Waals surface area (Å²) in [6, 6.07) is -1.96. The summed E-state index contributed by atoms with van der Waals surface area (Å²) in [6.45, 7) is 10.8. The number of carbonyl (C=O) groups excluding carboxylic acids is 2. The molecule has 3 N–H and O–H groups in total. The summed E-state index contributed by atoms with van der Waals surface area (Å²) in [5.74, 6) is -2.16. The number of ether oxygens (including phenoxy) is 1. The van der Waals surface area contributed by atoms with Gasteiger partial charge in [-0.05, 0) is 40.0 Å². The molecule has 2 rings (SSSR count). The molecular weight excluding hydrogens is 463 g/mol. The van der Waals surface area contributed by atoms with Gasteiger partial charge in [0.1, 0.15) is 23.5 Å². The van der Waals surface area contributed by atoms with Crippen LogP contribution in [0.2, 0.25) is 0 Å². The molecule has 0 bridgehead atoms. The average molecular weight is 497 g/mol. The first-order chi connectivity index (χ1) is 15.9. The Bertz CT molecular complexity index is 940. The Kier molecular flexibility index (Phi) is 9.75. The van der Waals surface area contributed by atoms with Crippen LogP contribution in [-0.4, -0.2) is 57.3 Å². The van der Waals surface area contributed by atoms with E-state index in [0.29, 0.717) is 42.1 Å². The Morgan fingerprint density at radius 1 is 1.47 bits per heavy atom. The summed E-state index contributed by atoms with van der Waals surface area (Å²) in [6.07, 6.45) is 3.36. The maximum Gasteiger partial charge on any atom is 0.408 e. The third-order valence-electron chi connectivity index (χ3n) is 4.88. The summed E-state index contributed by atoms with van der Waals surface area (Å²) >= 11 is 1.23. The Hall–Kier alpha value is -2.79. The molecule has 0 aliphatic carbocycles. The van der Waals surface area contributed by atoms with Gasteiger partial charge in [-0.3, -0.25) is 14.6 Å². The van der Waals surface area contributed by atoms with Crippen molar-refractivity contribution in [3.8, 4) is 0 Å². The number of alkyl carbamates (subject to hydrolysis) is 1. The number of aliphatic carboxylic acids is 1. The van der Waals surface area contributed by atoms with Crippen LogP contribution in [0.5, 0.6) is 0 Å². The number of halogens is 1. The van der Waals surface area contributed by atoms with Crippen molar-refractivity contribution in [1.82, 2.24) is 20.7 Å². The molecule has 0 aromatic carbocycles. The lowest BCUT2D eigenvalue weighted by atomic mass is 10.1. The molecule has 1 aromatic rings. The van der Waals surface area contributed by atoms with Crippen molar-refractivity contribution in [2.24, 2.45) is 0 Å². The number of nitrogens with one attached hydrogen (secondary N) is 2. The van der Waals surface area contributed by atoms with Gasteiger partial charge in [0.25, 0.3) is 5.91 Å². The van der Waals surface area contributed by atoms with Gasteiger partial charge in [0, 0.05) is 23.9 Å². The first-order valence-electron chi connectivity index (χ1n) is 11.2. The number of unbranched alkanes of at least 4 members (excludes halogenated alkanes) is 1. The van der Waals surface area contributed by atoms with E-state index in [-0.39, 0.29) is 6.42 Å². The van der Waals surface area contributed by atoms with Gasteiger partial charge in [0.05, 0.1) is 10.7 Å². The zero-order chi connectivity index (χ0) is 25.5. The number of hydrazine groups is 1. The summed E-state index contributed by atoms with van der Waals surface area (Å²) in [5.41, 5.74) is 2.64. The molecule has 11 heteroatoms. The number of amides is 2. The predicted molar refractivity (Wildman–Crippen MR) is 128 cm³/mol. The molecule has 1 aliphatic heterocycles. The van der Waals surface area contributed by atoms with Crippen molar-refractivity contribution in [2.45, 2.75) is 77.5 Å². The molecule has 1 saturated heterocycles. The van der Waals surface area contributed by atoms with Gasteiger partial charge in [-0.15, -0.1) is 11.3 Å². The molecular formula is C23H33FN4O5S. The molecule has 188 valence electrons. The van der Waals surface area contributed by atoms with Crippen molar-refractivity contribution in [2.75, 3.05) is 6.54 Å². The molecule has 2 heterocycles. The standard InChI is InChI=1S/C23H33FN4O5S/c1-6-7-9-15(14(2)24)18-13-34-19(25-18)12-17(26-22(32)33-23(3,4)5)20(29)28-11-8-10-16(27-28)21(30)31/h9,13,16-17,27H,2,6-8,10-12H2,1,3-5H3,(H,26,32)(H,30,31)/b15-9+/t16-,17-/m0/s1. The molecule has 0 unspecified atom stereocenters. The minimum absolute atomic E-state index is 0.0263. The van der Waals surface area contributed by atoms with Crippen LogP contribution in [0.25, 0.3) is 5.57 Å². The summed E-state index contributed by atoms with van der Waals surface area (Å²) in [7, 11) is 0. The van der Waals surface area contributed by atoms with Gasteiger partial charge in [0.15, 0.2) is 0 Å². The maximum absolute atomic E-state index is 14.0. The fourth-order valence-corrected chi connectivity index (χ4v) is 4.15. The van der Waals surface area contributed by atoms with Crippen LogP contribution >= 0.6 is 11.3 Å². The van der Waals surface area contributed by atoms with Crippen LogP contribution in [0.15, 0.2) is 23.9 Å². The highest BCUT2D eigenvalue weighted by Gasteiger charge is 2.33. The molecule has 1 aliphatic rings. The third-order valence-corrected chi connectivity index (χ3v) is 5.75. The van der Waals surface area contributed by atoms with Crippen LogP contribution in [0.1, 0.15) is 64.1 Å². The zero-order valence-electron chi connectivity index (χ0n) is 20.0. The molecule has 34 heavy (non-hydrogen) atoms. The second kappa shape index (κ2) is 12.1. The molecule has 1 fully saturated rings. The largest absolute Gasteiger partial charge is 0.480 e. The van der Waals surface area contributed by atoms with E-state index in [1.54, 1.807) is 32.2 Å². The zero-order valence-corrected chi connectivity index (χ0v) is 20.8. The van der Waals surface area contributed by atoms with E-state index in [2.05, 4.69) is 22.3 Å². The second-order valence-electron chi connectivity index (χ2n) is 8.99. The number of carboxylic acid groups (broad SMARTS) is 1. The lowest BCUT2D eigenvalue weighted by Gasteiger charge is -2.34. The van der Waals surface area contributed by atoms with Crippen molar-refractivity contribution in [3.05, 3.63) is 34.6 Å². The Morgan fingerprint density at radius 2 is 2.18 bits per heavy atom. The highest BCUT2D eigenvalue weighted by molar-refractivity contribution is 7.09. The number of nitrogens with zero attached hydrogens (tertiary/aromatic N) is 2. The fourth-order valence-electron chi connectivity index (χ4n) is 3.31. The summed E-state index contributed by atoms with van der Waals surface area (Å²) in [4.78, 5) is 41.5. The molecule has 9 nitrogen and oxygen atoms in total. The van der Waals surface area contributed by atoms with E-state index >= 15 is 0 Å². The molecule has 0 saturated carbocycles. The van der Waals surface area contributed by atoms with E-state index in [1.165, 1.54) is 16.3 Å². The molecule has 1 aromatic heterocycles. The number of thiazole rings is 1. The molecule has 2 amide bonds. The average Bonchev–Trinajstić information content (AvgIpc) is 3.19. The highest BCUT2D eigenvalue weighted by atomic mass is 32.1. The number of carboxylic acids is 1. The van der Waals surface area contributed by atoms with Crippen LogP contribution < -0.4 is 10.7 Å². The number of hydrogen-bond acceptors (Lipinski definition) is 7. The van der Waals surface area contributed by atoms with E-state index < -0.39 is 41.5 Å². The van der Waals surface area contributed by atoms with Gasteiger partial charge >= 0.3 is 12.1 Å². The molecule has 2 atom stereocenters. The first-order valence-corrected chi connectivity index (χ1v) is 12.1. The van der Waals surface area contributed by atoms with Gasteiger partial charge in [-0.1, -0.05) is 26.0 Å². The Morgan fingerprint density at radius 3 is 2.76 bits per heavy atom. The third kappa shape index (κ3) is 8.21.